The van der Waals surface area contributed by atoms with E-state index in [1.54, 1.807) is 0 Å². The molecule has 1 aliphatic carbocycles. The largest absolute Gasteiger partial charge is 0.174 e. The van der Waals surface area contributed by atoms with Crippen molar-refractivity contribution in [2.24, 2.45) is 11.8 Å². The Hall–Kier alpha value is -3.10. The van der Waals surface area contributed by atoms with E-state index in [4.69, 9.17) is 82.7 Å². The Kier molecular flexibility index (Phi) is 10.2. The molecule has 0 amide bonds. The van der Waals surface area contributed by atoms with Gasteiger partial charge < -0.3 is 0 Å². The van der Waals surface area contributed by atoms with Crippen molar-refractivity contribution in [2.45, 2.75) is 54.9 Å². The number of rotatable bonds is 6. The first-order valence-electron chi connectivity index (χ1n) is 19.0. The van der Waals surface area contributed by atoms with Gasteiger partial charge in [0.05, 0.1) is 0 Å². The van der Waals surface area contributed by atoms with Crippen LogP contribution in [0.1, 0.15) is 41.5 Å². The molecule has 1 fully saturated rings. The Balaban J connectivity index is 1.56. The van der Waals surface area contributed by atoms with Crippen LogP contribution in [0.4, 0.5) is 0 Å². The van der Waals surface area contributed by atoms with Gasteiger partial charge in [-0.15, -0.1) is 50.5 Å². The highest BCUT2D eigenvalue weighted by atomic mass is 32.1. The Labute approximate surface area is 363 Å². The second-order valence-electron chi connectivity index (χ2n) is 15.4. The quantitative estimate of drug-likeness (QED) is 0.0884. The topological polar surface area (TPSA) is 0 Å². The van der Waals surface area contributed by atoms with Gasteiger partial charge in [-0.2, -0.15) is 25.3 Å². The Morgan fingerprint density at radius 1 is 0.536 bits per heavy atom. The lowest BCUT2D eigenvalue weighted by Crippen LogP contribution is -2.66. The van der Waals surface area contributed by atoms with Gasteiger partial charge in [0.25, 0.3) is 0 Å². The van der Waals surface area contributed by atoms with Crippen LogP contribution in [0.2, 0.25) is 0 Å². The smallest absolute Gasteiger partial charge is 0.0449 e. The molecule has 0 spiro atoms. The fraction of sp³-hybridized carbons (Fsp3) is 0.160. The van der Waals surface area contributed by atoms with Crippen LogP contribution >= 0.6 is 75.8 Å². The summed E-state index contributed by atoms with van der Waals surface area (Å²) in [4.78, 5) is 3.74. The lowest BCUT2D eigenvalue weighted by molar-refractivity contribution is 0.0789. The van der Waals surface area contributed by atoms with Gasteiger partial charge in [0.15, 0.2) is 0 Å². The monoisotopic (exact) mass is 834 g/mol. The van der Waals surface area contributed by atoms with Crippen molar-refractivity contribution in [3.8, 4) is 0 Å². The van der Waals surface area contributed by atoms with Gasteiger partial charge in [-0.1, -0.05) is 153 Å². The summed E-state index contributed by atoms with van der Waals surface area (Å²) in [5, 5.41) is 8.62. The number of hydrogen-bond donors (Lipinski definition) is 6. The first kappa shape index (κ1) is 38.4. The molecule has 0 aromatic heterocycles. The minimum atomic E-state index is -0.919. The van der Waals surface area contributed by atoms with E-state index in [9.17, 15) is 0 Å². The molecule has 0 saturated heterocycles. The van der Waals surface area contributed by atoms with Crippen molar-refractivity contribution in [3.63, 3.8) is 0 Å². The van der Waals surface area contributed by atoms with Gasteiger partial charge in [-0.3, -0.25) is 0 Å². The summed E-state index contributed by atoms with van der Waals surface area (Å²) in [5.74, 6) is 1.67. The number of thiol groups is 6. The van der Waals surface area contributed by atoms with Crippen LogP contribution in [0.5, 0.6) is 0 Å². The summed E-state index contributed by atoms with van der Waals surface area (Å²) >= 11 is 33.2. The third-order valence-corrected chi connectivity index (χ3v) is 16.1. The van der Waals surface area contributed by atoms with E-state index in [1.807, 2.05) is 0 Å². The second kappa shape index (κ2) is 14.9. The average Bonchev–Trinajstić information content (AvgIpc) is 3.23. The molecule has 8 aromatic carbocycles. The van der Waals surface area contributed by atoms with Gasteiger partial charge in [0.1, 0.15) is 0 Å². The first-order chi connectivity index (χ1) is 27.2. The molecule has 1 saturated carbocycles. The van der Waals surface area contributed by atoms with Crippen molar-refractivity contribution >= 4 is 119 Å². The fourth-order valence-electron chi connectivity index (χ4n) is 10.5. The maximum atomic E-state index is 5.87. The molecule has 56 heavy (non-hydrogen) atoms. The van der Waals surface area contributed by atoms with Crippen molar-refractivity contribution < 1.29 is 0 Å². The van der Waals surface area contributed by atoms with Crippen LogP contribution in [-0.4, -0.2) is 5.25 Å². The normalized spacial score (nSPS) is 21.5. The molecule has 8 aromatic rings. The predicted octanol–water partition coefficient (Wildman–Crippen LogP) is 14.3. The average molecular weight is 835 g/mol. The zero-order valence-electron chi connectivity index (χ0n) is 30.8. The van der Waals surface area contributed by atoms with Gasteiger partial charge >= 0.3 is 0 Å². The van der Waals surface area contributed by atoms with Crippen LogP contribution in [0.25, 0.3) is 43.1 Å². The molecule has 1 aliphatic rings. The molecule has 0 aliphatic heterocycles. The zero-order chi connectivity index (χ0) is 38.9. The highest BCUT2D eigenvalue weighted by Crippen LogP contribution is 2.71. The highest BCUT2D eigenvalue weighted by molar-refractivity contribution is 7.82. The molecule has 5 atom stereocenters. The first-order valence-corrected chi connectivity index (χ1v) is 21.8. The third kappa shape index (κ3) is 5.49. The summed E-state index contributed by atoms with van der Waals surface area (Å²) in [7, 11) is 0. The van der Waals surface area contributed by atoms with Gasteiger partial charge in [-0.05, 0) is 96.4 Å². The van der Waals surface area contributed by atoms with E-state index in [0.29, 0.717) is 0 Å². The van der Waals surface area contributed by atoms with Crippen LogP contribution in [0, 0.1) is 24.5 Å². The molecule has 2 radical (unpaired) electrons. The van der Waals surface area contributed by atoms with Gasteiger partial charge in [0, 0.05) is 41.4 Å². The highest BCUT2D eigenvalue weighted by Gasteiger charge is 2.68. The molecule has 0 N–H and O–H groups in total. The molecule has 0 heterocycles. The van der Waals surface area contributed by atoms with Crippen LogP contribution < -0.4 is 0 Å². The molecule has 9 rings (SSSR count). The zero-order valence-corrected chi connectivity index (χ0v) is 36.2. The van der Waals surface area contributed by atoms with Crippen LogP contribution in [-0.2, 0) is 10.8 Å². The molecular weight excluding hydrogens is 793 g/mol. The number of fused-ring (bicyclic) bond motifs is 4. The third-order valence-electron chi connectivity index (χ3n) is 12.9. The van der Waals surface area contributed by atoms with E-state index in [2.05, 4.69) is 158 Å². The molecule has 278 valence electrons. The predicted molar refractivity (Wildman–Crippen MR) is 259 cm³/mol. The second-order valence-corrected chi connectivity index (χ2v) is 18.0. The lowest BCUT2D eigenvalue weighted by Gasteiger charge is -2.66. The van der Waals surface area contributed by atoms with Crippen molar-refractivity contribution in [1.82, 2.24) is 0 Å². The summed E-state index contributed by atoms with van der Waals surface area (Å²) in [6.45, 7) is 7.31. The number of hydrogen-bond acceptors (Lipinski definition) is 6. The van der Waals surface area contributed by atoms with Crippen molar-refractivity contribution in [1.29, 1.82) is 0 Å². The summed E-state index contributed by atoms with van der Waals surface area (Å²) in [6, 6.07) is 52.3. The Morgan fingerprint density at radius 2 is 0.911 bits per heavy atom. The standard InChI is InChI=1S/C50H42S6/c1-29-27-43(39-23-19-31-11-3-7-15-35(31)44(39)52)49(30(2)28-51,40-24-20-32-12-4-8-16-36(32)45(40)53)50(48(29)56,41-25-21-33-13-5-9-17-37(33)46(41)54)42-26-22-34-14-6-10-18-38(34)47(42)55/h3-26,28-30,43,48,51-56H,1,27H2,2H3. The minimum absolute atomic E-state index is 0.106. The van der Waals surface area contributed by atoms with Crippen molar-refractivity contribution in [3.05, 3.63) is 181 Å². The Morgan fingerprint density at radius 3 is 1.36 bits per heavy atom. The van der Waals surface area contributed by atoms with E-state index < -0.39 is 10.8 Å². The summed E-state index contributed by atoms with van der Waals surface area (Å²) in [6.07, 6.45) is 0.749. The lowest BCUT2D eigenvalue weighted by atomic mass is 9.39. The SMILES string of the molecule is [CH2]C1CC(c2ccc3ccccc3c2S)C(c2ccc3ccccc3c2S)(C(C)[CH]S)C(c2ccc3ccccc3c2S)(c2ccc3ccccc3c2S)C1S. The van der Waals surface area contributed by atoms with E-state index in [1.165, 1.54) is 0 Å². The maximum absolute atomic E-state index is 5.87. The molecule has 0 nitrogen and oxygen atoms in total. The van der Waals surface area contributed by atoms with E-state index in [-0.39, 0.29) is 23.0 Å². The van der Waals surface area contributed by atoms with Crippen LogP contribution in [0.3, 0.4) is 0 Å². The minimum Gasteiger partial charge on any atom is -0.174 e. The van der Waals surface area contributed by atoms with E-state index >= 15 is 0 Å². The fourth-order valence-corrected chi connectivity index (χ4v) is 13.2. The number of benzene rings is 8. The summed E-state index contributed by atoms with van der Waals surface area (Å²) < 4.78 is 0. The van der Waals surface area contributed by atoms with Gasteiger partial charge in [0.2, 0.25) is 0 Å². The maximum Gasteiger partial charge on any atom is 0.0449 e. The molecule has 5 unspecified atom stereocenters. The summed E-state index contributed by atoms with van der Waals surface area (Å²) in [5.41, 5.74) is 2.71. The van der Waals surface area contributed by atoms with E-state index in [0.717, 1.165) is 91.3 Å². The van der Waals surface area contributed by atoms with Gasteiger partial charge in [-0.25, -0.2) is 0 Å². The Bertz CT molecular complexity index is 2720. The van der Waals surface area contributed by atoms with Crippen molar-refractivity contribution in [2.75, 3.05) is 0 Å². The van der Waals surface area contributed by atoms with Crippen LogP contribution in [0.15, 0.2) is 165 Å². The molecule has 6 heteroatoms. The molecular formula is C50H42S6. The molecule has 0 bridgehead atoms.